The fourth-order valence-electron chi connectivity index (χ4n) is 5.37. The van der Waals surface area contributed by atoms with Crippen LogP contribution in [0.25, 0.3) is 0 Å². The van der Waals surface area contributed by atoms with Crippen LogP contribution in [0.2, 0.25) is 0 Å². The molecular formula is C21H26N4O. The number of nitrogens with zero attached hydrogens (tertiary/aromatic N) is 3. The van der Waals surface area contributed by atoms with Crippen molar-refractivity contribution in [2.75, 3.05) is 24.5 Å². The van der Waals surface area contributed by atoms with Gasteiger partial charge in [0.25, 0.3) is 0 Å². The maximum Gasteiger partial charge on any atom is 0.324 e. The number of aromatic amines is 1. The number of rotatable bonds is 1. The van der Waals surface area contributed by atoms with Crippen LogP contribution in [0.15, 0.2) is 36.7 Å². The molecule has 2 aliphatic heterocycles. The van der Waals surface area contributed by atoms with Crippen LogP contribution in [-0.4, -0.2) is 40.8 Å². The normalized spacial score (nSPS) is 24.2. The minimum absolute atomic E-state index is 0.177. The Bertz CT molecular complexity index is 794. The summed E-state index contributed by atoms with van der Waals surface area (Å²) in [6.07, 6.45) is 11.2. The molecule has 1 saturated heterocycles. The number of para-hydroxylation sites is 1. The smallest absolute Gasteiger partial charge is 0.324 e. The molecule has 5 nitrogen and oxygen atoms in total. The number of nitrogens with one attached hydrogen (secondary N) is 1. The van der Waals surface area contributed by atoms with Crippen molar-refractivity contribution in [2.24, 2.45) is 0 Å². The molecule has 136 valence electrons. The number of hydrogen-bond donors (Lipinski definition) is 1. The first-order valence-corrected chi connectivity index (χ1v) is 9.91. The number of aromatic nitrogens is 2. The molecule has 5 rings (SSSR count). The molecule has 0 radical (unpaired) electrons. The van der Waals surface area contributed by atoms with Crippen molar-refractivity contribution in [1.29, 1.82) is 0 Å². The molecule has 1 aromatic heterocycles. The number of hydrogen-bond acceptors (Lipinski definition) is 2. The van der Waals surface area contributed by atoms with E-state index >= 15 is 0 Å². The summed E-state index contributed by atoms with van der Waals surface area (Å²) in [5.41, 5.74) is 4.09. The molecule has 0 bridgehead atoms. The molecular weight excluding hydrogens is 324 g/mol. The summed E-state index contributed by atoms with van der Waals surface area (Å²) < 4.78 is 0. The van der Waals surface area contributed by atoms with Crippen LogP contribution in [0.1, 0.15) is 55.6 Å². The SMILES string of the molecule is O=C(N1CCC(c2cn[nH]c2)C1)N1CCC2(CCCC2)c2ccccc21. The zero-order valence-corrected chi connectivity index (χ0v) is 15.2. The Hall–Kier alpha value is -2.30. The molecule has 2 amide bonds. The Morgan fingerprint density at radius 3 is 2.81 bits per heavy atom. The maximum atomic E-state index is 13.3. The summed E-state index contributed by atoms with van der Waals surface area (Å²) in [5, 5.41) is 6.95. The summed E-state index contributed by atoms with van der Waals surface area (Å²) in [6, 6.07) is 8.80. The summed E-state index contributed by atoms with van der Waals surface area (Å²) in [5.74, 6) is 0.402. The highest BCUT2D eigenvalue weighted by Gasteiger charge is 2.43. The molecule has 5 heteroatoms. The zero-order valence-electron chi connectivity index (χ0n) is 15.2. The summed E-state index contributed by atoms with van der Waals surface area (Å²) in [7, 11) is 0. The lowest BCUT2D eigenvalue weighted by Crippen LogP contribution is -2.48. The number of amides is 2. The van der Waals surface area contributed by atoms with Gasteiger partial charge in [-0.25, -0.2) is 4.79 Å². The Kier molecular flexibility index (Phi) is 3.76. The Labute approximate surface area is 154 Å². The summed E-state index contributed by atoms with van der Waals surface area (Å²) in [6.45, 7) is 2.48. The number of urea groups is 1. The maximum absolute atomic E-state index is 13.3. The first-order valence-electron chi connectivity index (χ1n) is 9.91. The highest BCUT2D eigenvalue weighted by molar-refractivity contribution is 5.94. The first-order chi connectivity index (χ1) is 12.8. The van der Waals surface area contributed by atoms with Crippen molar-refractivity contribution >= 4 is 11.7 Å². The predicted octanol–water partition coefficient (Wildman–Crippen LogP) is 4.04. The minimum atomic E-state index is 0.177. The van der Waals surface area contributed by atoms with Gasteiger partial charge in [0.2, 0.25) is 0 Å². The van der Waals surface area contributed by atoms with E-state index < -0.39 is 0 Å². The molecule has 3 aliphatic rings. The predicted molar refractivity (Wildman–Crippen MR) is 101 cm³/mol. The lowest BCUT2D eigenvalue weighted by atomic mass is 9.73. The minimum Gasteiger partial charge on any atom is -0.324 e. The Morgan fingerprint density at radius 2 is 2.00 bits per heavy atom. The fraction of sp³-hybridized carbons (Fsp3) is 0.524. The molecule has 1 atom stereocenters. The van der Waals surface area contributed by atoms with Crippen molar-refractivity contribution in [2.45, 2.75) is 49.9 Å². The number of carbonyl (C=O) groups is 1. The monoisotopic (exact) mass is 350 g/mol. The van der Waals surface area contributed by atoms with Crippen LogP contribution in [0, 0.1) is 0 Å². The lowest BCUT2D eigenvalue weighted by molar-refractivity contribution is 0.212. The number of fused-ring (bicyclic) bond motifs is 2. The van der Waals surface area contributed by atoms with E-state index in [1.54, 1.807) is 0 Å². The van der Waals surface area contributed by atoms with Gasteiger partial charge in [-0.2, -0.15) is 5.10 Å². The Morgan fingerprint density at radius 1 is 1.15 bits per heavy atom. The van der Waals surface area contributed by atoms with E-state index in [-0.39, 0.29) is 6.03 Å². The summed E-state index contributed by atoms with van der Waals surface area (Å²) >= 11 is 0. The second kappa shape index (κ2) is 6.15. The molecule has 1 N–H and O–H groups in total. The molecule has 1 aliphatic carbocycles. The van der Waals surface area contributed by atoms with Crippen LogP contribution >= 0.6 is 0 Å². The van der Waals surface area contributed by atoms with Crippen LogP contribution in [0.5, 0.6) is 0 Å². The second-order valence-corrected chi connectivity index (χ2v) is 8.15. The molecule has 3 heterocycles. The number of carbonyl (C=O) groups excluding carboxylic acids is 1. The Balaban J connectivity index is 1.39. The van der Waals surface area contributed by atoms with E-state index in [1.165, 1.54) is 36.8 Å². The van der Waals surface area contributed by atoms with E-state index in [1.807, 2.05) is 22.2 Å². The number of likely N-dealkylation sites (tertiary alicyclic amines) is 1. The van der Waals surface area contributed by atoms with Crippen molar-refractivity contribution in [3.8, 4) is 0 Å². The molecule has 1 unspecified atom stereocenters. The van der Waals surface area contributed by atoms with Crippen molar-refractivity contribution in [3.05, 3.63) is 47.8 Å². The van der Waals surface area contributed by atoms with Gasteiger partial charge in [0.05, 0.1) is 6.20 Å². The van der Waals surface area contributed by atoms with Gasteiger partial charge in [-0.05, 0) is 48.3 Å². The van der Waals surface area contributed by atoms with E-state index in [2.05, 4.69) is 34.5 Å². The molecule has 2 fully saturated rings. The highest BCUT2D eigenvalue weighted by atomic mass is 16.2. The van der Waals surface area contributed by atoms with Crippen molar-refractivity contribution in [3.63, 3.8) is 0 Å². The number of anilines is 1. The largest absolute Gasteiger partial charge is 0.324 e. The quantitative estimate of drug-likeness (QED) is 0.844. The van der Waals surface area contributed by atoms with Gasteiger partial charge >= 0.3 is 6.03 Å². The van der Waals surface area contributed by atoms with E-state index in [0.717, 1.165) is 38.2 Å². The van der Waals surface area contributed by atoms with Crippen LogP contribution in [0.4, 0.5) is 10.5 Å². The van der Waals surface area contributed by atoms with Gasteiger partial charge in [0.1, 0.15) is 0 Å². The molecule has 1 saturated carbocycles. The van der Waals surface area contributed by atoms with Crippen LogP contribution in [-0.2, 0) is 5.41 Å². The highest BCUT2D eigenvalue weighted by Crippen LogP contribution is 2.50. The van der Waals surface area contributed by atoms with Gasteiger partial charge in [-0.1, -0.05) is 31.0 Å². The third kappa shape index (κ3) is 2.44. The van der Waals surface area contributed by atoms with Crippen LogP contribution in [0.3, 0.4) is 0 Å². The lowest BCUT2D eigenvalue weighted by Gasteiger charge is -2.42. The van der Waals surface area contributed by atoms with Crippen molar-refractivity contribution in [1.82, 2.24) is 15.1 Å². The van der Waals surface area contributed by atoms with E-state index in [4.69, 9.17) is 0 Å². The average molecular weight is 350 g/mol. The molecule has 26 heavy (non-hydrogen) atoms. The molecule has 1 spiro atoms. The third-order valence-electron chi connectivity index (χ3n) is 6.82. The average Bonchev–Trinajstić information content (AvgIpc) is 3.43. The standard InChI is InChI=1S/C21H26N4O/c26-20(24-11-7-16(15-24)17-13-22-23-14-17)25-12-10-21(8-3-4-9-21)18-5-1-2-6-19(18)25/h1-2,5-6,13-14,16H,3-4,7-12,15H2,(H,22,23). The van der Waals surface area contributed by atoms with Gasteiger partial charge in [0.15, 0.2) is 0 Å². The van der Waals surface area contributed by atoms with Gasteiger partial charge in [0, 0.05) is 37.4 Å². The van der Waals surface area contributed by atoms with E-state index in [9.17, 15) is 4.79 Å². The van der Waals surface area contributed by atoms with Crippen molar-refractivity contribution < 1.29 is 4.79 Å². The summed E-state index contributed by atoms with van der Waals surface area (Å²) in [4.78, 5) is 17.4. The number of H-pyrrole nitrogens is 1. The molecule has 2 aromatic rings. The topological polar surface area (TPSA) is 52.2 Å². The second-order valence-electron chi connectivity index (χ2n) is 8.15. The van der Waals surface area contributed by atoms with Gasteiger partial charge in [-0.3, -0.25) is 10.00 Å². The zero-order chi connectivity index (χ0) is 17.6. The van der Waals surface area contributed by atoms with Gasteiger partial charge < -0.3 is 4.90 Å². The van der Waals surface area contributed by atoms with Crippen LogP contribution < -0.4 is 4.90 Å². The molecule has 1 aromatic carbocycles. The third-order valence-corrected chi connectivity index (χ3v) is 6.82. The first kappa shape index (κ1) is 15.9. The van der Waals surface area contributed by atoms with Gasteiger partial charge in [-0.15, -0.1) is 0 Å². The fourth-order valence-corrected chi connectivity index (χ4v) is 5.37. The number of benzene rings is 1. The van der Waals surface area contributed by atoms with E-state index in [0.29, 0.717) is 11.3 Å².